The van der Waals surface area contributed by atoms with E-state index in [2.05, 4.69) is 45.4 Å². The van der Waals surface area contributed by atoms with Crippen molar-refractivity contribution < 1.29 is 24.5 Å². The summed E-state index contributed by atoms with van der Waals surface area (Å²) in [7, 11) is 8.38. The molecule has 4 heterocycles. The normalized spacial score (nSPS) is 17.6. The molecule has 2 aromatic carbocycles. The molecule has 4 aromatic rings. The Morgan fingerprint density at radius 2 is 1.00 bits per heavy atom. The van der Waals surface area contributed by atoms with Gasteiger partial charge in [-0.05, 0) is 125 Å². The maximum atomic E-state index is 12.8. The fourth-order valence-electron chi connectivity index (χ4n) is 6.52. The van der Waals surface area contributed by atoms with Gasteiger partial charge in [-0.1, -0.05) is 0 Å². The highest BCUT2D eigenvalue weighted by Crippen LogP contribution is 2.37. The Balaban J connectivity index is 0.00000337. The van der Waals surface area contributed by atoms with E-state index in [1.165, 1.54) is 11.1 Å². The first-order valence-corrected chi connectivity index (χ1v) is 14.3. The molecule has 9 nitrogen and oxygen atoms in total. The van der Waals surface area contributed by atoms with Gasteiger partial charge in [0.1, 0.15) is 11.5 Å². The van der Waals surface area contributed by atoms with E-state index in [1.807, 2.05) is 38.4 Å². The van der Waals surface area contributed by atoms with E-state index in [0.717, 1.165) is 73.7 Å². The highest BCUT2D eigenvalue weighted by atomic mass is 16.6. The molecular weight excluding hydrogens is 520 g/mol. The predicted octanol–water partition coefficient (Wildman–Crippen LogP) is 3.97. The first-order valence-electron chi connectivity index (χ1n) is 14.3. The Morgan fingerprint density at radius 1 is 0.634 bits per heavy atom. The van der Waals surface area contributed by atoms with Crippen molar-refractivity contribution >= 4 is 33.7 Å². The quantitative estimate of drug-likeness (QED) is 0.213. The number of hydrogen-bond acceptors (Lipinski definition) is 6. The SMILES string of the molecule is CN1CCC(c2cn(C)c3ccc(OC(=O)C(=O)Oc4ccc5c(c4)c(C4CCN(C)CC4)cn5C)cc23)CC1.O. The molecule has 0 atom stereocenters. The van der Waals surface area contributed by atoms with Gasteiger partial charge in [0.2, 0.25) is 0 Å². The van der Waals surface area contributed by atoms with Gasteiger partial charge in [-0.25, -0.2) is 9.59 Å². The van der Waals surface area contributed by atoms with E-state index in [9.17, 15) is 9.59 Å². The third-order valence-electron chi connectivity index (χ3n) is 8.89. The molecule has 0 aliphatic carbocycles. The van der Waals surface area contributed by atoms with E-state index in [1.54, 1.807) is 12.1 Å². The number of likely N-dealkylation sites (tertiary alicyclic amines) is 2. The number of piperidine rings is 2. The third kappa shape index (κ3) is 5.75. The van der Waals surface area contributed by atoms with Crippen molar-refractivity contribution in [2.45, 2.75) is 37.5 Å². The Hall–Kier alpha value is -3.66. The molecule has 0 radical (unpaired) electrons. The average molecular weight is 561 g/mol. The van der Waals surface area contributed by atoms with Gasteiger partial charge in [-0.15, -0.1) is 0 Å². The summed E-state index contributed by atoms with van der Waals surface area (Å²) in [4.78, 5) is 30.3. The van der Waals surface area contributed by atoms with Crippen molar-refractivity contribution in [3.05, 3.63) is 59.9 Å². The minimum atomic E-state index is -1.03. The lowest BCUT2D eigenvalue weighted by Gasteiger charge is -2.28. The largest absolute Gasteiger partial charge is 0.423 e. The summed E-state index contributed by atoms with van der Waals surface area (Å²) < 4.78 is 15.2. The van der Waals surface area contributed by atoms with Gasteiger partial charge in [-0.2, -0.15) is 0 Å². The van der Waals surface area contributed by atoms with Crippen molar-refractivity contribution in [3.8, 4) is 11.5 Å². The molecule has 41 heavy (non-hydrogen) atoms. The van der Waals surface area contributed by atoms with Crippen LogP contribution >= 0.6 is 0 Å². The van der Waals surface area contributed by atoms with Crippen molar-refractivity contribution in [2.24, 2.45) is 14.1 Å². The topological polar surface area (TPSA) is 100 Å². The third-order valence-corrected chi connectivity index (χ3v) is 8.89. The lowest BCUT2D eigenvalue weighted by atomic mass is 9.89. The first kappa shape index (κ1) is 28.9. The predicted molar refractivity (Wildman–Crippen MR) is 160 cm³/mol. The lowest BCUT2D eigenvalue weighted by molar-refractivity contribution is -0.156. The van der Waals surface area contributed by atoms with Crippen molar-refractivity contribution in [2.75, 3.05) is 40.3 Å². The lowest BCUT2D eigenvalue weighted by Crippen LogP contribution is -2.29. The molecule has 218 valence electrons. The molecule has 2 aliphatic heterocycles. The molecule has 0 unspecified atom stereocenters. The number of aryl methyl sites for hydroxylation is 2. The molecule has 2 saturated heterocycles. The number of carbonyl (C=O) groups is 2. The number of benzene rings is 2. The first-order chi connectivity index (χ1) is 19.3. The zero-order valence-electron chi connectivity index (χ0n) is 24.4. The number of fused-ring (bicyclic) bond motifs is 2. The van der Waals surface area contributed by atoms with Gasteiger partial charge in [0.05, 0.1) is 0 Å². The maximum Gasteiger partial charge on any atom is 0.423 e. The van der Waals surface area contributed by atoms with Gasteiger partial charge < -0.3 is 33.9 Å². The Bertz CT molecular complexity index is 1450. The average Bonchev–Trinajstić information content (AvgIpc) is 3.45. The summed E-state index contributed by atoms with van der Waals surface area (Å²) in [6.07, 6.45) is 8.74. The summed E-state index contributed by atoms with van der Waals surface area (Å²) in [5.74, 6) is -0.443. The summed E-state index contributed by atoms with van der Waals surface area (Å²) in [6, 6.07) is 11.1. The van der Waals surface area contributed by atoms with E-state index >= 15 is 0 Å². The molecule has 2 fully saturated rings. The molecule has 2 aliphatic rings. The van der Waals surface area contributed by atoms with Crippen LogP contribution in [0.5, 0.6) is 11.5 Å². The molecular formula is C32H40N4O5. The van der Waals surface area contributed by atoms with Crippen LogP contribution in [0.2, 0.25) is 0 Å². The van der Waals surface area contributed by atoms with E-state index < -0.39 is 11.9 Å². The van der Waals surface area contributed by atoms with Gasteiger partial charge in [0.15, 0.2) is 0 Å². The summed E-state index contributed by atoms with van der Waals surface area (Å²) in [5.41, 5.74) is 4.69. The Morgan fingerprint density at radius 3 is 1.37 bits per heavy atom. The van der Waals surface area contributed by atoms with Crippen molar-refractivity contribution in [1.29, 1.82) is 0 Å². The van der Waals surface area contributed by atoms with Crippen LogP contribution in [0.25, 0.3) is 21.8 Å². The maximum absolute atomic E-state index is 12.8. The fraction of sp³-hybridized carbons (Fsp3) is 0.438. The summed E-state index contributed by atoms with van der Waals surface area (Å²) >= 11 is 0. The molecule has 2 N–H and O–H groups in total. The van der Waals surface area contributed by atoms with Crippen LogP contribution in [-0.2, 0) is 23.7 Å². The van der Waals surface area contributed by atoms with Gasteiger partial charge in [0, 0.05) is 48.3 Å². The number of nitrogens with zero attached hydrogens (tertiary/aromatic N) is 4. The minimum absolute atomic E-state index is 0. The monoisotopic (exact) mass is 560 g/mol. The van der Waals surface area contributed by atoms with Crippen LogP contribution in [0.4, 0.5) is 0 Å². The minimum Gasteiger partial charge on any atom is -0.418 e. The highest BCUT2D eigenvalue weighted by molar-refractivity contribution is 6.31. The van der Waals surface area contributed by atoms with Crippen LogP contribution in [0.15, 0.2) is 48.8 Å². The Kier molecular flexibility index (Phi) is 8.22. The van der Waals surface area contributed by atoms with E-state index in [-0.39, 0.29) is 5.48 Å². The zero-order valence-corrected chi connectivity index (χ0v) is 24.4. The molecule has 0 spiro atoms. The fourth-order valence-corrected chi connectivity index (χ4v) is 6.52. The molecule has 0 bridgehead atoms. The number of aromatic nitrogens is 2. The molecule has 9 heteroatoms. The summed E-state index contributed by atoms with van der Waals surface area (Å²) in [5, 5.41) is 2.12. The van der Waals surface area contributed by atoms with Gasteiger partial charge in [-0.3, -0.25) is 0 Å². The number of hydrogen-bond donors (Lipinski definition) is 0. The smallest absolute Gasteiger partial charge is 0.418 e. The van der Waals surface area contributed by atoms with Crippen LogP contribution in [0.1, 0.15) is 48.6 Å². The van der Waals surface area contributed by atoms with Crippen LogP contribution < -0.4 is 9.47 Å². The second kappa shape index (κ2) is 11.7. The number of carbonyl (C=O) groups excluding carboxylic acids is 2. The van der Waals surface area contributed by atoms with Crippen LogP contribution in [0, 0.1) is 0 Å². The van der Waals surface area contributed by atoms with Gasteiger partial charge in [0.25, 0.3) is 0 Å². The molecule has 0 amide bonds. The van der Waals surface area contributed by atoms with E-state index in [0.29, 0.717) is 23.3 Å². The molecule has 6 rings (SSSR count). The number of esters is 2. The molecule has 0 saturated carbocycles. The van der Waals surface area contributed by atoms with Gasteiger partial charge >= 0.3 is 11.9 Å². The van der Waals surface area contributed by atoms with Crippen molar-refractivity contribution in [1.82, 2.24) is 18.9 Å². The second-order valence-corrected chi connectivity index (χ2v) is 11.7. The summed E-state index contributed by atoms with van der Waals surface area (Å²) in [6.45, 7) is 4.26. The molecule has 2 aromatic heterocycles. The van der Waals surface area contributed by atoms with Crippen molar-refractivity contribution in [3.63, 3.8) is 0 Å². The second-order valence-electron chi connectivity index (χ2n) is 11.7. The standard InChI is InChI=1S/C32H38N4O4.H2O/c1-33-13-9-21(10-14-33)27-19-35(3)29-7-5-23(17-25(27)29)39-31(37)32(38)40-24-6-8-30-26(18-24)28(20-36(30)4)22-11-15-34(2)16-12-22;/h5-8,17-22H,9-16H2,1-4H3;1H2. The van der Waals surface area contributed by atoms with Crippen LogP contribution in [-0.4, -0.2) is 76.6 Å². The Labute approximate surface area is 240 Å². The van der Waals surface area contributed by atoms with E-state index in [4.69, 9.17) is 9.47 Å². The number of rotatable bonds is 4. The van der Waals surface area contributed by atoms with Crippen LogP contribution in [0.3, 0.4) is 0 Å². The zero-order chi connectivity index (χ0) is 28.0. The highest BCUT2D eigenvalue weighted by Gasteiger charge is 2.25. The number of ether oxygens (including phenoxy) is 2.